The molecule has 2 rings (SSSR count). The summed E-state index contributed by atoms with van der Waals surface area (Å²) in [5.41, 5.74) is 0. The van der Waals surface area contributed by atoms with Gasteiger partial charge in [-0.25, -0.2) is 8.42 Å². The van der Waals surface area contributed by atoms with Gasteiger partial charge in [0.25, 0.3) is 0 Å². The van der Waals surface area contributed by atoms with Crippen LogP contribution in [0.4, 0.5) is 0 Å². The van der Waals surface area contributed by atoms with Crippen LogP contribution in [0.25, 0.3) is 0 Å². The molecule has 1 atom stereocenters. The summed E-state index contributed by atoms with van der Waals surface area (Å²) in [6, 6.07) is -0.00525. The molecule has 2 aliphatic rings. The maximum Gasteiger partial charge on any atom is 0.234 e. The third-order valence-corrected chi connectivity index (χ3v) is 6.27. The molecule has 138 valence electrons. The van der Waals surface area contributed by atoms with Crippen LogP contribution in [0.3, 0.4) is 0 Å². The number of hydrogen-bond acceptors (Lipinski definition) is 5. The predicted octanol–water partition coefficient (Wildman–Crippen LogP) is 0.0142. The molecule has 0 spiro atoms. The molecular formula is C16H29N3O4S. The second kappa shape index (κ2) is 8.80. The van der Waals surface area contributed by atoms with Gasteiger partial charge in [0.2, 0.25) is 11.8 Å². The fourth-order valence-corrected chi connectivity index (χ4v) is 4.52. The molecule has 0 bridgehead atoms. The smallest absolute Gasteiger partial charge is 0.234 e. The van der Waals surface area contributed by atoms with Crippen molar-refractivity contribution < 1.29 is 18.0 Å². The van der Waals surface area contributed by atoms with E-state index in [1.54, 1.807) is 0 Å². The highest BCUT2D eigenvalue weighted by molar-refractivity contribution is 7.91. The van der Waals surface area contributed by atoms with Gasteiger partial charge in [0, 0.05) is 38.6 Å². The molecule has 1 N–H and O–H groups in total. The van der Waals surface area contributed by atoms with Crippen LogP contribution in [0.2, 0.25) is 0 Å². The minimum atomic E-state index is -2.92. The molecule has 2 aliphatic heterocycles. The Kier molecular flexibility index (Phi) is 7.03. The van der Waals surface area contributed by atoms with Gasteiger partial charge in [-0.05, 0) is 25.7 Å². The Morgan fingerprint density at radius 2 is 1.83 bits per heavy atom. The third-order valence-electron chi connectivity index (χ3n) is 4.66. The number of nitrogens with one attached hydrogen (secondary N) is 1. The summed E-state index contributed by atoms with van der Waals surface area (Å²) in [6.07, 6.45) is 4.26. The van der Waals surface area contributed by atoms with Gasteiger partial charge >= 0.3 is 0 Å². The second-order valence-corrected chi connectivity index (χ2v) is 9.08. The van der Waals surface area contributed by atoms with Gasteiger partial charge in [-0.15, -0.1) is 0 Å². The van der Waals surface area contributed by atoms with Crippen molar-refractivity contribution in [3.05, 3.63) is 0 Å². The number of nitrogens with zero attached hydrogens (tertiary/aromatic N) is 2. The number of hydrogen-bond donors (Lipinski definition) is 1. The van der Waals surface area contributed by atoms with Crippen molar-refractivity contribution in [3.8, 4) is 0 Å². The molecule has 0 aromatic carbocycles. The zero-order chi connectivity index (χ0) is 17.6. The van der Waals surface area contributed by atoms with E-state index >= 15 is 0 Å². The number of carbonyl (C=O) groups is 2. The predicted molar refractivity (Wildman–Crippen MR) is 92.4 cm³/mol. The first-order valence-electron chi connectivity index (χ1n) is 8.89. The van der Waals surface area contributed by atoms with Gasteiger partial charge in [0.1, 0.15) is 0 Å². The third kappa shape index (κ3) is 6.05. The summed E-state index contributed by atoms with van der Waals surface area (Å²) in [4.78, 5) is 28.1. The molecule has 0 aliphatic carbocycles. The first-order chi connectivity index (χ1) is 11.4. The lowest BCUT2D eigenvalue weighted by Crippen LogP contribution is -2.49. The Hall–Kier alpha value is -1.15. The SMILES string of the molecule is CCCC(=O)N1CCCC[C@H](NC(=O)CN2CCS(=O)(=O)CC2)C1. The molecule has 8 heteroatoms. The van der Waals surface area contributed by atoms with E-state index in [0.717, 1.165) is 32.2 Å². The molecule has 24 heavy (non-hydrogen) atoms. The van der Waals surface area contributed by atoms with Gasteiger partial charge in [0.15, 0.2) is 9.84 Å². The van der Waals surface area contributed by atoms with Gasteiger partial charge < -0.3 is 10.2 Å². The quantitative estimate of drug-likeness (QED) is 0.747. The summed E-state index contributed by atoms with van der Waals surface area (Å²) >= 11 is 0. The Balaban J connectivity index is 1.80. The number of amides is 2. The number of carbonyl (C=O) groups excluding carboxylic acids is 2. The lowest BCUT2D eigenvalue weighted by atomic mass is 10.1. The normalized spacial score (nSPS) is 25.0. The lowest BCUT2D eigenvalue weighted by molar-refractivity contribution is -0.132. The van der Waals surface area contributed by atoms with Crippen LogP contribution >= 0.6 is 0 Å². The molecule has 2 amide bonds. The maximum atomic E-state index is 12.2. The molecule has 0 unspecified atom stereocenters. The molecule has 0 aromatic heterocycles. The Bertz CT molecular complexity index is 536. The molecule has 2 saturated heterocycles. The Labute approximate surface area is 144 Å². The first-order valence-corrected chi connectivity index (χ1v) is 10.7. The van der Waals surface area contributed by atoms with E-state index in [9.17, 15) is 18.0 Å². The average molecular weight is 359 g/mol. The van der Waals surface area contributed by atoms with E-state index < -0.39 is 9.84 Å². The largest absolute Gasteiger partial charge is 0.350 e. The standard InChI is InChI=1S/C16H29N3O4S/c1-2-5-16(21)19-7-4-3-6-14(12-19)17-15(20)13-18-8-10-24(22,23)11-9-18/h14H,2-13H2,1H3,(H,17,20)/t14-/m0/s1. The van der Waals surface area contributed by atoms with Crippen molar-refractivity contribution >= 4 is 21.7 Å². The van der Waals surface area contributed by atoms with E-state index in [1.165, 1.54) is 0 Å². The average Bonchev–Trinajstić information content (AvgIpc) is 2.75. The van der Waals surface area contributed by atoms with E-state index in [2.05, 4.69) is 5.32 Å². The van der Waals surface area contributed by atoms with Crippen molar-refractivity contribution in [3.63, 3.8) is 0 Å². The molecule has 0 aromatic rings. The van der Waals surface area contributed by atoms with Crippen LogP contribution in [0.5, 0.6) is 0 Å². The van der Waals surface area contributed by atoms with E-state index in [-0.39, 0.29) is 35.9 Å². The first kappa shape index (κ1) is 19.2. The fourth-order valence-electron chi connectivity index (χ4n) is 3.24. The molecule has 2 heterocycles. The van der Waals surface area contributed by atoms with Crippen molar-refractivity contribution in [1.29, 1.82) is 0 Å². The number of likely N-dealkylation sites (tertiary alicyclic amines) is 1. The molecular weight excluding hydrogens is 330 g/mol. The van der Waals surface area contributed by atoms with Crippen molar-refractivity contribution in [2.75, 3.05) is 44.2 Å². The van der Waals surface area contributed by atoms with Crippen LogP contribution in [0.15, 0.2) is 0 Å². The van der Waals surface area contributed by atoms with Crippen molar-refractivity contribution in [2.45, 2.75) is 45.1 Å². The van der Waals surface area contributed by atoms with Gasteiger partial charge in [-0.2, -0.15) is 0 Å². The number of sulfone groups is 1. The van der Waals surface area contributed by atoms with Crippen LogP contribution in [-0.2, 0) is 19.4 Å². The van der Waals surface area contributed by atoms with Crippen LogP contribution in [0, 0.1) is 0 Å². The monoisotopic (exact) mass is 359 g/mol. The minimum absolute atomic E-state index is 0.00525. The maximum absolute atomic E-state index is 12.2. The Morgan fingerprint density at radius 1 is 1.12 bits per heavy atom. The number of rotatable bonds is 5. The second-order valence-electron chi connectivity index (χ2n) is 6.78. The molecule has 0 saturated carbocycles. The molecule has 0 radical (unpaired) electrons. The van der Waals surface area contributed by atoms with Crippen LogP contribution in [0.1, 0.15) is 39.0 Å². The Morgan fingerprint density at radius 3 is 2.50 bits per heavy atom. The van der Waals surface area contributed by atoms with Crippen LogP contribution < -0.4 is 5.32 Å². The topological polar surface area (TPSA) is 86.8 Å². The van der Waals surface area contributed by atoms with Crippen LogP contribution in [-0.4, -0.2) is 80.3 Å². The van der Waals surface area contributed by atoms with Crippen molar-refractivity contribution in [2.24, 2.45) is 0 Å². The van der Waals surface area contributed by atoms with E-state index in [4.69, 9.17) is 0 Å². The van der Waals surface area contributed by atoms with Gasteiger partial charge in [-0.3, -0.25) is 14.5 Å². The fraction of sp³-hybridized carbons (Fsp3) is 0.875. The molecule has 7 nitrogen and oxygen atoms in total. The highest BCUT2D eigenvalue weighted by atomic mass is 32.2. The van der Waals surface area contributed by atoms with Crippen molar-refractivity contribution in [1.82, 2.24) is 15.1 Å². The summed E-state index contributed by atoms with van der Waals surface area (Å²) in [5, 5.41) is 3.03. The zero-order valence-electron chi connectivity index (χ0n) is 14.5. The summed E-state index contributed by atoms with van der Waals surface area (Å²) in [7, 11) is -2.92. The van der Waals surface area contributed by atoms with Gasteiger partial charge in [-0.1, -0.05) is 6.92 Å². The zero-order valence-corrected chi connectivity index (χ0v) is 15.3. The van der Waals surface area contributed by atoms with E-state index in [1.807, 2.05) is 16.7 Å². The summed E-state index contributed by atoms with van der Waals surface area (Å²) in [5.74, 6) is 0.343. The van der Waals surface area contributed by atoms with E-state index in [0.29, 0.717) is 26.1 Å². The highest BCUT2D eigenvalue weighted by Crippen LogP contribution is 2.13. The minimum Gasteiger partial charge on any atom is -0.350 e. The van der Waals surface area contributed by atoms with Gasteiger partial charge in [0.05, 0.1) is 18.1 Å². The highest BCUT2D eigenvalue weighted by Gasteiger charge is 2.25. The lowest BCUT2D eigenvalue weighted by Gasteiger charge is -2.28. The molecule has 2 fully saturated rings. The summed E-state index contributed by atoms with van der Waals surface area (Å²) < 4.78 is 22.9. The summed E-state index contributed by atoms with van der Waals surface area (Å²) in [6.45, 7) is 4.42.